The molecule has 3 heteroatoms. The van der Waals surface area contributed by atoms with Crippen LogP contribution in [0.3, 0.4) is 0 Å². The van der Waals surface area contributed by atoms with E-state index in [9.17, 15) is 0 Å². The summed E-state index contributed by atoms with van der Waals surface area (Å²) < 4.78 is 12.9. The molecule has 5 aliphatic rings. The lowest BCUT2D eigenvalue weighted by Gasteiger charge is -2.35. The molecule has 0 bridgehead atoms. The maximum Gasteiger partial charge on any atom is 0.0765 e. The summed E-state index contributed by atoms with van der Waals surface area (Å²) in [5, 5.41) is 3.87. The zero-order valence-electron chi connectivity index (χ0n) is 21.5. The number of allylic oxidation sites excluding steroid dienone is 1. The summed E-state index contributed by atoms with van der Waals surface area (Å²) in [5.41, 5.74) is 3.65. The van der Waals surface area contributed by atoms with Crippen molar-refractivity contribution in [2.75, 3.05) is 13.7 Å². The highest BCUT2D eigenvalue weighted by Gasteiger charge is 2.55. The third kappa shape index (κ3) is 4.24. The van der Waals surface area contributed by atoms with Gasteiger partial charge in [-0.25, -0.2) is 0 Å². The fourth-order valence-electron chi connectivity index (χ4n) is 8.78. The SMILES string of the molecule is CO[C@H]1CCC[C@H]2CC3=C(C)C[C@]4(CC[C@H]3[C@@H]2CC[C@@H](C)C1)O[C@@H]1C[C@H](C)CN[C@H]1[C@H]4C. The summed E-state index contributed by atoms with van der Waals surface area (Å²) in [6, 6.07) is 0.568. The van der Waals surface area contributed by atoms with Gasteiger partial charge in [0.15, 0.2) is 0 Å². The lowest BCUT2D eigenvalue weighted by atomic mass is 9.74. The molecule has 5 rings (SSSR count). The van der Waals surface area contributed by atoms with Gasteiger partial charge in [0.2, 0.25) is 0 Å². The predicted molar refractivity (Wildman–Crippen MR) is 132 cm³/mol. The monoisotopic (exact) mass is 443 g/mol. The van der Waals surface area contributed by atoms with Crippen LogP contribution >= 0.6 is 0 Å². The van der Waals surface area contributed by atoms with Crippen molar-refractivity contribution in [1.29, 1.82) is 0 Å². The maximum atomic E-state index is 7.04. The third-order valence-corrected chi connectivity index (χ3v) is 10.6. The van der Waals surface area contributed by atoms with Crippen LogP contribution in [0.2, 0.25) is 0 Å². The van der Waals surface area contributed by atoms with Crippen molar-refractivity contribution in [3.63, 3.8) is 0 Å². The molecule has 3 aliphatic carbocycles. The number of rotatable bonds is 1. The first-order chi connectivity index (χ1) is 15.4. The number of fused-ring (bicyclic) bond motifs is 4. The standard InChI is InChI=1S/C29H49NO2/c1-18-9-10-24-22(7-6-8-23(13-18)31-5)15-26-20(3)16-29(12-11-25(24)26)21(4)28-27(32-29)14-19(2)17-30-28/h18-19,21-25,27-28,30H,6-17H2,1-5H3/t18-,19+,21-,22+,23+,24-,25+,27-,28+,29+/m1/s1. The van der Waals surface area contributed by atoms with Gasteiger partial charge < -0.3 is 14.8 Å². The Hall–Kier alpha value is -0.380. The van der Waals surface area contributed by atoms with Gasteiger partial charge in [-0.15, -0.1) is 0 Å². The van der Waals surface area contributed by atoms with E-state index in [0.717, 1.165) is 29.6 Å². The van der Waals surface area contributed by atoms with Crippen molar-refractivity contribution in [2.24, 2.45) is 35.5 Å². The lowest BCUT2D eigenvalue weighted by molar-refractivity contribution is -0.0717. The molecule has 2 heterocycles. The van der Waals surface area contributed by atoms with Gasteiger partial charge in [-0.05, 0) is 101 Å². The second kappa shape index (κ2) is 9.34. The van der Waals surface area contributed by atoms with E-state index in [1.54, 1.807) is 5.57 Å². The average molecular weight is 444 g/mol. The fraction of sp³-hybridized carbons (Fsp3) is 0.931. The molecule has 3 nitrogen and oxygen atoms in total. The normalized spacial score (nSPS) is 50.0. The molecule has 0 amide bonds. The summed E-state index contributed by atoms with van der Waals surface area (Å²) in [7, 11) is 1.92. The minimum absolute atomic E-state index is 0.0816. The molecule has 10 atom stereocenters. The van der Waals surface area contributed by atoms with E-state index in [1.807, 2.05) is 12.7 Å². The molecule has 0 radical (unpaired) electrons. The molecule has 4 fully saturated rings. The molecule has 1 spiro atoms. The van der Waals surface area contributed by atoms with Crippen molar-refractivity contribution in [3.05, 3.63) is 11.1 Å². The van der Waals surface area contributed by atoms with E-state index < -0.39 is 0 Å². The number of nitrogens with one attached hydrogen (secondary N) is 1. The maximum absolute atomic E-state index is 7.04. The van der Waals surface area contributed by atoms with Gasteiger partial charge in [-0.3, -0.25) is 0 Å². The first-order valence-electron chi connectivity index (χ1n) is 14.0. The minimum atomic E-state index is 0.0816. The molecule has 2 saturated carbocycles. The predicted octanol–water partition coefficient (Wildman–Crippen LogP) is 6.52. The van der Waals surface area contributed by atoms with Gasteiger partial charge in [0.05, 0.1) is 17.8 Å². The number of hydrogen-bond donors (Lipinski definition) is 1. The van der Waals surface area contributed by atoms with Crippen LogP contribution in [0, 0.1) is 35.5 Å². The molecule has 0 aromatic heterocycles. The Morgan fingerprint density at radius 1 is 1.00 bits per heavy atom. The van der Waals surface area contributed by atoms with Crippen molar-refractivity contribution >= 4 is 0 Å². The van der Waals surface area contributed by atoms with Gasteiger partial charge in [0.25, 0.3) is 0 Å². The molecular weight excluding hydrogens is 394 g/mol. The smallest absolute Gasteiger partial charge is 0.0765 e. The van der Waals surface area contributed by atoms with Crippen molar-refractivity contribution < 1.29 is 9.47 Å². The van der Waals surface area contributed by atoms with E-state index in [2.05, 4.69) is 33.0 Å². The summed E-state index contributed by atoms with van der Waals surface area (Å²) >= 11 is 0. The summed E-state index contributed by atoms with van der Waals surface area (Å²) in [6.07, 6.45) is 15.4. The average Bonchev–Trinajstić information content (AvgIpc) is 3.19. The van der Waals surface area contributed by atoms with Crippen molar-refractivity contribution in [3.8, 4) is 0 Å². The molecule has 182 valence electrons. The van der Waals surface area contributed by atoms with Crippen LogP contribution in [0.15, 0.2) is 11.1 Å². The zero-order chi connectivity index (χ0) is 22.5. The minimum Gasteiger partial charge on any atom is -0.381 e. The Labute approximate surface area is 197 Å². The lowest BCUT2D eigenvalue weighted by Crippen LogP contribution is -2.48. The number of ether oxygens (including phenoxy) is 2. The first-order valence-corrected chi connectivity index (χ1v) is 14.0. The summed E-state index contributed by atoms with van der Waals surface area (Å²) in [6.45, 7) is 11.0. The Bertz CT molecular complexity index is 703. The van der Waals surface area contributed by atoms with Crippen LogP contribution in [0.25, 0.3) is 0 Å². The molecule has 32 heavy (non-hydrogen) atoms. The van der Waals surface area contributed by atoms with Gasteiger partial charge in [0.1, 0.15) is 0 Å². The largest absolute Gasteiger partial charge is 0.381 e. The molecule has 2 aliphatic heterocycles. The Balaban J connectivity index is 1.35. The second-order valence-corrected chi connectivity index (χ2v) is 12.7. The van der Waals surface area contributed by atoms with Crippen molar-refractivity contribution in [2.45, 2.75) is 122 Å². The van der Waals surface area contributed by atoms with Gasteiger partial charge >= 0.3 is 0 Å². The summed E-state index contributed by atoms with van der Waals surface area (Å²) in [5.74, 6) is 4.81. The molecule has 2 saturated heterocycles. The van der Waals surface area contributed by atoms with E-state index >= 15 is 0 Å². The van der Waals surface area contributed by atoms with Crippen LogP contribution in [0.5, 0.6) is 0 Å². The number of methoxy groups -OCH3 is 1. The molecule has 0 aromatic rings. The van der Waals surface area contributed by atoms with Crippen LogP contribution in [-0.4, -0.2) is 37.5 Å². The second-order valence-electron chi connectivity index (χ2n) is 12.7. The Kier molecular flexibility index (Phi) is 6.82. The van der Waals surface area contributed by atoms with E-state index in [0.29, 0.717) is 24.2 Å². The van der Waals surface area contributed by atoms with Gasteiger partial charge in [-0.2, -0.15) is 0 Å². The van der Waals surface area contributed by atoms with Gasteiger partial charge in [0, 0.05) is 19.1 Å². The summed E-state index contributed by atoms with van der Waals surface area (Å²) in [4.78, 5) is 0. The highest BCUT2D eigenvalue weighted by molar-refractivity contribution is 5.27. The van der Waals surface area contributed by atoms with E-state index in [-0.39, 0.29) is 5.60 Å². The molecular formula is C29H49NO2. The first kappa shape index (κ1) is 23.4. The molecule has 0 unspecified atom stereocenters. The Morgan fingerprint density at radius 3 is 2.66 bits per heavy atom. The number of hydrogen-bond acceptors (Lipinski definition) is 3. The van der Waals surface area contributed by atoms with Crippen LogP contribution in [0.4, 0.5) is 0 Å². The van der Waals surface area contributed by atoms with Gasteiger partial charge in [-0.1, -0.05) is 44.8 Å². The zero-order valence-corrected chi connectivity index (χ0v) is 21.5. The third-order valence-electron chi connectivity index (χ3n) is 10.6. The fourth-order valence-corrected chi connectivity index (χ4v) is 8.78. The number of piperidine rings is 1. The van der Waals surface area contributed by atoms with E-state index in [4.69, 9.17) is 9.47 Å². The van der Waals surface area contributed by atoms with Crippen LogP contribution in [-0.2, 0) is 9.47 Å². The Morgan fingerprint density at radius 2 is 1.84 bits per heavy atom. The highest BCUT2D eigenvalue weighted by Crippen LogP contribution is 2.56. The van der Waals surface area contributed by atoms with E-state index in [1.165, 1.54) is 77.2 Å². The highest BCUT2D eigenvalue weighted by atomic mass is 16.5. The molecule has 0 aromatic carbocycles. The van der Waals surface area contributed by atoms with Crippen molar-refractivity contribution in [1.82, 2.24) is 5.32 Å². The molecule has 1 N–H and O–H groups in total. The van der Waals surface area contributed by atoms with Crippen LogP contribution < -0.4 is 5.32 Å². The topological polar surface area (TPSA) is 30.5 Å². The quantitative estimate of drug-likeness (QED) is 0.468. The van der Waals surface area contributed by atoms with Crippen LogP contribution in [0.1, 0.15) is 98.3 Å².